The minimum absolute atomic E-state index is 0.210. The Morgan fingerprint density at radius 2 is 1.94 bits per heavy atom. The maximum Gasteiger partial charge on any atom is 0.410 e. The van der Waals surface area contributed by atoms with E-state index in [0.717, 1.165) is 31.8 Å². The minimum atomic E-state index is -0.223. The molecule has 0 unspecified atom stereocenters. The van der Waals surface area contributed by atoms with Crippen LogP contribution < -0.4 is 0 Å². The fraction of sp³-hybridized carbons (Fsp3) is 0.769. The van der Waals surface area contributed by atoms with Crippen LogP contribution in [0.4, 0.5) is 4.79 Å². The highest BCUT2D eigenvalue weighted by molar-refractivity contribution is 5.67. The zero-order valence-electron chi connectivity index (χ0n) is 10.9. The highest BCUT2D eigenvalue weighted by Gasteiger charge is 2.20. The van der Waals surface area contributed by atoms with Crippen molar-refractivity contribution in [2.45, 2.75) is 40.5 Å². The van der Waals surface area contributed by atoms with Crippen molar-refractivity contribution in [1.29, 1.82) is 0 Å². The van der Waals surface area contributed by atoms with E-state index in [1.165, 1.54) is 0 Å². The second kappa shape index (κ2) is 9.08. The van der Waals surface area contributed by atoms with Crippen molar-refractivity contribution in [1.82, 2.24) is 4.90 Å². The summed E-state index contributed by atoms with van der Waals surface area (Å²) >= 11 is 0. The van der Waals surface area contributed by atoms with E-state index in [1.54, 1.807) is 11.8 Å². The van der Waals surface area contributed by atoms with Gasteiger partial charge in [-0.3, -0.25) is 0 Å². The van der Waals surface area contributed by atoms with Crippen molar-refractivity contribution >= 4 is 6.09 Å². The molecule has 1 heterocycles. The number of likely N-dealkylation sites (tertiary alicyclic amines) is 1. The maximum atomic E-state index is 11.4. The fourth-order valence-corrected chi connectivity index (χ4v) is 1.45. The van der Waals surface area contributed by atoms with Gasteiger partial charge < -0.3 is 9.64 Å². The summed E-state index contributed by atoms with van der Waals surface area (Å²) in [5, 5.41) is 0. The van der Waals surface area contributed by atoms with Crippen LogP contribution in [0.2, 0.25) is 0 Å². The number of carbonyl (C=O) groups excluding carboxylic acids is 1. The average molecular weight is 225 g/mol. The Bertz CT molecular complexity index is 244. The van der Waals surface area contributed by atoms with Gasteiger partial charge in [-0.2, -0.15) is 0 Å². The molecule has 16 heavy (non-hydrogen) atoms. The van der Waals surface area contributed by atoms with Gasteiger partial charge in [-0.1, -0.05) is 26.7 Å². The first-order chi connectivity index (χ1) is 7.74. The predicted molar refractivity (Wildman–Crippen MR) is 66.1 cm³/mol. The quantitative estimate of drug-likeness (QED) is 0.642. The molecule has 1 rings (SSSR count). The van der Waals surface area contributed by atoms with Crippen LogP contribution >= 0.6 is 0 Å². The Labute approximate surface area is 99.2 Å². The molecule has 0 bridgehead atoms. The molecule has 92 valence electrons. The number of amides is 1. The van der Waals surface area contributed by atoms with Gasteiger partial charge in [-0.15, -0.1) is 5.92 Å². The SMILES string of the molecule is CC.CC#CCOC(=O)N1CCC(C)CC1. The Kier molecular flexibility index (Phi) is 8.42. The first kappa shape index (κ1) is 14.8. The van der Waals surface area contributed by atoms with E-state index in [4.69, 9.17) is 4.74 Å². The topological polar surface area (TPSA) is 29.5 Å². The van der Waals surface area contributed by atoms with E-state index in [1.807, 2.05) is 13.8 Å². The van der Waals surface area contributed by atoms with Crippen LogP contribution in [-0.4, -0.2) is 30.7 Å². The first-order valence-corrected chi connectivity index (χ1v) is 6.05. The minimum Gasteiger partial charge on any atom is -0.436 e. The van der Waals surface area contributed by atoms with Crippen molar-refractivity contribution in [3.05, 3.63) is 0 Å². The smallest absolute Gasteiger partial charge is 0.410 e. The second-order valence-corrected chi connectivity index (χ2v) is 3.65. The normalized spacial score (nSPS) is 15.4. The summed E-state index contributed by atoms with van der Waals surface area (Å²) < 4.78 is 4.97. The summed E-state index contributed by atoms with van der Waals surface area (Å²) in [5.74, 6) is 6.13. The molecular weight excluding hydrogens is 202 g/mol. The van der Waals surface area contributed by atoms with Gasteiger partial charge in [0, 0.05) is 13.1 Å². The molecule has 3 nitrogen and oxygen atoms in total. The molecule has 0 aromatic rings. The van der Waals surface area contributed by atoms with Gasteiger partial charge in [0.1, 0.15) is 0 Å². The third kappa shape index (κ3) is 5.65. The monoisotopic (exact) mass is 225 g/mol. The van der Waals surface area contributed by atoms with Gasteiger partial charge in [-0.05, 0) is 25.7 Å². The molecule has 1 aliphatic heterocycles. The third-order valence-corrected chi connectivity index (χ3v) is 2.49. The molecule has 0 aliphatic carbocycles. The Morgan fingerprint density at radius 3 is 2.44 bits per heavy atom. The molecule has 0 aromatic heterocycles. The van der Waals surface area contributed by atoms with E-state index in [-0.39, 0.29) is 12.7 Å². The average Bonchev–Trinajstić information content (AvgIpc) is 2.33. The standard InChI is InChI=1S/C11H17NO2.C2H6/c1-3-4-9-14-11(13)12-7-5-10(2)6-8-12;1-2/h10H,5-9H2,1-2H3;1-2H3. The van der Waals surface area contributed by atoms with Gasteiger partial charge in [0.25, 0.3) is 0 Å². The van der Waals surface area contributed by atoms with Crippen molar-refractivity contribution in [3.8, 4) is 11.8 Å². The number of carbonyl (C=O) groups is 1. The zero-order valence-corrected chi connectivity index (χ0v) is 10.9. The molecule has 3 heteroatoms. The number of piperidine rings is 1. The van der Waals surface area contributed by atoms with E-state index >= 15 is 0 Å². The Morgan fingerprint density at radius 1 is 1.38 bits per heavy atom. The van der Waals surface area contributed by atoms with Crippen LogP contribution in [0.1, 0.15) is 40.5 Å². The van der Waals surface area contributed by atoms with Crippen LogP contribution in [0.5, 0.6) is 0 Å². The molecule has 1 amide bonds. The van der Waals surface area contributed by atoms with Gasteiger partial charge in [-0.25, -0.2) is 4.79 Å². The number of nitrogens with zero attached hydrogens (tertiary/aromatic N) is 1. The van der Waals surface area contributed by atoms with Crippen LogP contribution in [0, 0.1) is 17.8 Å². The zero-order chi connectivity index (χ0) is 12.4. The van der Waals surface area contributed by atoms with Crippen molar-refractivity contribution < 1.29 is 9.53 Å². The molecule has 0 N–H and O–H groups in total. The molecule has 0 radical (unpaired) electrons. The molecule has 1 aliphatic rings. The third-order valence-electron chi connectivity index (χ3n) is 2.49. The molecule has 1 fully saturated rings. The number of hydrogen-bond acceptors (Lipinski definition) is 2. The van der Waals surface area contributed by atoms with Crippen molar-refractivity contribution in [2.75, 3.05) is 19.7 Å². The van der Waals surface area contributed by atoms with Crippen molar-refractivity contribution in [2.24, 2.45) is 5.92 Å². The first-order valence-electron chi connectivity index (χ1n) is 6.05. The van der Waals surface area contributed by atoms with Gasteiger partial charge in [0.15, 0.2) is 6.61 Å². The molecule has 0 atom stereocenters. The molecular formula is C13H23NO2. The fourth-order valence-electron chi connectivity index (χ4n) is 1.45. The van der Waals surface area contributed by atoms with Gasteiger partial charge in [0.2, 0.25) is 0 Å². The Balaban J connectivity index is 0.00000106. The highest BCUT2D eigenvalue weighted by Crippen LogP contribution is 2.16. The van der Waals surface area contributed by atoms with E-state index in [0.29, 0.717) is 0 Å². The summed E-state index contributed by atoms with van der Waals surface area (Å²) in [5.41, 5.74) is 0. The molecule has 0 spiro atoms. The molecule has 0 saturated carbocycles. The lowest BCUT2D eigenvalue weighted by Gasteiger charge is -2.29. The maximum absolute atomic E-state index is 11.4. The summed E-state index contributed by atoms with van der Waals surface area (Å²) in [6.07, 6.45) is 1.93. The van der Waals surface area contributed by atoms with Gasteiger partial charge >= 0.3 is 6.09 Å². The predicted octanol–water partition coefficient (Wildman–Crippen LogP) is 2.90. The number of rotatable bonds is 1. The summed E-state index contributed by atoms with van der Waals surface area (Å²) in [7, 11) is 0. The van der Waals surface area contributed by atoms with Crippen LogP contribution in [-0.2, 0) is 4.74 Å². The van der Waals surface area contributed by atoms with Crippen LogP contribution in [0.25, 0.3) is 0 Å². The molecule has 0 aromatic carbocycles. The van der Waals surface area contributed by atoms with E-state index in [9.17, 15) is 4.79 Å². The lowest BCUT2D eigenvalue weighted by Crippen LogP contribution is -2.38. The van der Waals surface area contributed by atoms with Crippen molar-refractivity contribution in [3.63, 3.8) is 0 Å². The van der Waals surface area contributed by atoms with Gasteiger partial charge in [0.05, 0.1) is 0 Å². The largest absolute Gasteiger partial charge is 0.436 e. The summed E-state index contributed by atoms with van der Waals surface area (Å²) in [6.45, 7) is 9.79. The second-order valence-electron chi connectivity index (χ2n) is 3.65. The lowest BCUT2D eigenvalue weighted by atomic mass is 10.00. The summed E-state index contributed by atoms with van der Waals surface area (Å²) in [4.78, 5) is 13.2. The van der Waals surface area contributed by atoms with Crippen LogP contribution in [0.3, 0.4) is 0 Å². The summed E-state index contributed by atoms with van der Waals surface area (Å²) in [6, 6.07) is 0. The van der Waals surface area contributed by atoms with Crippen LogP contribution in [0.15, 0.2) is 0 Å². The number of ether oxygens (including phenoxy) is 1. The lowest BCUT2D eigenvalue weighted by molar-refractivity contribution is 0.0992. The molecule has 1 saturated heterocycles. The van der Waals surface area contributed by atoms with E-state index in [2.05, 4.69) is 18.8 Å². The number of hydrogen-bond donors (Lipinski definition) is 0. The van der Waals surface area contributed by atoms with E-state index < -0.39 is 0 Å². The highest BCUT2D eigenvalue weighted by atomic mass is 16.6. The Hall–Kier alpha value is -1.17.